The number of hydrogen-bond donors (Lipinski definition) is 1. The molecule has 8 nitrogen and oxygen atoms in total. The summed E-state index contributed by atoms with van der Waals surface area (Å²) in [7, 11) is -1.79. The highest BCUT2D eigenvalue weighted by Gasteiger charge is 2.59. The van der Waals surface area contributed by atoms with E-state index in [9.17, 15) is 18.0 Å². The van der Waals surface area contributed by atoms with Gasteiger partial charge in [-0.05, 0) is 86.3 Å². The molecule has 3 unspecified atom stereocenters. The highest BCUT2D eigenvalue weighted by Crippen LogP contribution is 2.58. The van der Waals surface area contributed by atoms with Crippen LogP contribution in [0.15, 0.2) is 35.5 Å². The summed E-state index contributed by atoms with van der Waals surface area (Å²) in [6.07, 6.45) is 7.98. The smallest absolute Gasteiger partial charge is 0.337 e. The standard InChI is InChI=1S/C26H33N3O5S2/c1-4-9-35-24-21(15-27-29(24)20-7-5-17(6-8-20)25(31)34-2)23(30)28-22-18-10-16-11-19(22)14-26(12-16,13-18)36(3,32)33/h5-8,15-16,18-19,22H,4,9-14H2,1-3H3,(H,28,30)/t16?,18-,19+,22?,26?. The Hall–Kier alpha value is -2.33. The SMILES string of the molecule is CCCSc1c(C(=O)NC2[C@@H]3CC4C[C@H]2CC(S(C)(=O)=O)(C4)C3)cnn1-c1ccc(C(=O)OC)cc1. The summed E-state index contributed by atoms with van der Waals surface area (Å²) < 4.78 is 31.3. The molecule has 4 aliphatic rings. The molecule has 5 atom stereocenters. The van der Waals surface area contributed by atoms with E-state index in [2.05, 4.69) is 17.3 Å². The van der Waals surface area contributed by atoms with E-state index in [-0.39, 0.29) is 23.8 Å². The number of thioether (sulfide) groups is 1. The minimum Gasteiger partial charge on any atom is -0.465 e. The average Bonchev–Trinajstić information content (AvgIpc) is 3.27. The van der Waals surface area contributed by atoms with Crippen LogP contribution in [-0.2, 0) is 14.6 Å². The zero-order valence-corrected chi connectivity index (χ0v) is 22.5. The van der Waals surface area contributed by atoms with Gasteiger partial charge < -0.3 is 10.1 Å². The van der Waals surface area contributed by atoms with Gasteiger partial charge in [-0.3, -0.25) is 4.79 Å². The summed E-state index contributed by atoms with van der Waals surface area (Å²) in [4.78, 5) is 25.4. The number of carbonyl (C=O) groups is 2. The molecule has 0 aliphatic heterocycles. The number of hydrogen-bond acceptors (Lipinski definition) is 7. The van der Waals surface area contributed by atoms with Crippen molar-refractivity contribution in [2.45, 2.75) is 61.3 Å². The van der Waals surface area contributed by atoms with Gasteiger partial charge in [0.25, 0.3) is 5.91 Å². The van der Waals surface area contributed by atoms with E-state index in [1.54, 1.807) is 46.9 Å². The van der Waals surface area contributed by atoms with Gasteiger partial charge in [-0.2, -0.15) is 5.10 Å². The first-order chi connectivity index (χ1) is 17.2. The minimum absolute atomic E-state index is 0.00404. The second-order valence-electron chi connectivity index (χ2n) is 10.6. The normalized spacial score (nSPS) is 28.8. The number of carbonyl (C=O) groups excluding carboxylic acids is 2. The number of nitrogens with zero attached hydrogens (tertiary/aromatic N) is 2. The molecule has 1 N–H and O–H groups in total. The predicted molar refractivity (Wildman–Crippen MR) is 138 cm³/mol. The third kappa shape index (κ3) is 4.36. The van der Waals surface area contributed by atoms with E-state index in [0.717, 1.165) is 42.1 Å². The molecule has 36 heavy (non-hydrogen) atoms. The fraction of sp³-hybridized carbons (Fsp3) is 0.577. The van der Waals surface area contributed by atoms with Crippen LogP contribution in [0.2, 0.25) is 0 Å². The summed E-state index contributed by atoms with van der Waals surface area (Å²) in [5.74, 6) is 1.11. The van der Waals surface area contributed by atoms with Crippen molar-refractivity contribution < 1.29 is 22.7 Å². The number of amides is 1. The molecular weight excluding hydrogens is 498 g/mol. The lowest BCUT2D eigenvalue weighted by atomic mass is 9.53. The minimum atomic E-state index is -3.14. The Kier molecular flexibility index (Phi) is 6.70. The summed E-state index contributed by atoms with van der Waals surface area (Å²) in [5.41, 5.74) is 1.73. The Morgan fingerprint density at radius 1 is 1.17 bits per heavy atom. The average molecular weight is 532 g/mol. The summed E-state index contributed by atoms with van der Waals surface area (Å²) in [6.45, 7) is 2.09. The Morgan fingerprint density at radius 3 is 2.42 bits per heavy atom. The zero-order valence-electron chi connectivity index (χ0n) is 20.9. The molecule has 10 heteroatoms. The van der Waals surface area contributed by atoms with Crippen LogP contribution in [0.25, 0.3) is 5.69 Å². The molecule has 2 aromatic rings. The molecule has 1 aromatic heterocycles. The molecule has 194 valence electrons. The quantitative estimate of drug-likeness (QED) is 0.407. The third-order valence-corrected chi connectivity index (χ3v) is 11.6. The highest BCUT2D eigenvalue weighted by atomic mass is 32.2. The molecule has 0 spiro atoms. The monoisotopic (exact) mass is 531 g/mol. The first-order valence-corrected chi connectivity index (χ1v) is 15.4. The zero-order chi connectivity index (χ0) is 25.7. The van der Waals surface area contributed by atoms with Gasteiger partial charge in [-0.15, -0.1) is 11.8 Å². The van der Waals surface area contributed by atoms with Crippen LogP contribution in [0.1, 0.15) is 66.2 Å². The van der Waals surface area contributed by atoms with Crippen LogP contribution >= 0.6 is 11.8 Å². The van der Waals surface area contributed by atoms with Crippen molar-refractivity contribution >= 4 is 33.5 Å². The van der Waals surface area contributed by atoms with Crippen LogP contribution in [0.3, 0.4) is 0 Å². The predicted octanol–water partition coefficient (Wildman–Crippen LogP) is 3.88. The molecule has 6 rings (SSSR count). The fourth-order valence-corrected chi connectivity index (χ4v) is 9.29. The first-order valence-electron chi connectivity index (χ1n) is 12.6. The molecule has 0 saturated heterocycles. The molecule has 4 fully saturated rings. The van der Waals surface area contributed by atoms with Crippen molar-refractivity contribution in [1.29, 1.82) is 0 Å². The fourth-order valence-electron chi connectivity index (χ4n) is 6.74. The topological polar surface area (TPSA) is 107 Å². The van der Waals surface area contributed by atoms with Gasteiger partial charge in [-0.1, -0.05) is 6.92 Å². The van der Waals surface area contributed by atoms with Crippen LogP contribution in [0.4, 0.5) is 0 Å². The Labute approximate surface area is 216 Å². The van der Waals surface area contributed by atoms with Crippen LogP contribution in [0, 0.1) is 17.8 Å². The molecular formula is C26H33N3O5S2. The lowest BCUT2D eigenvalue weighted by molar-refractivity contribution is 0.000225. The van der Waals surface area contributed by atoms with Crippen molar-refractivity contribution in [2.75, 3.05) is 19.1 Å². The maximum atomic E-state index is 13.6. The first kappa shape index (κ1) is 25.3. The Morgan fingerprint density at radius 2 is 1.83 bits per heavy atom. The Bertz CT molecular complexity index is 1250. The molecule has 1 heterocycles. The van der Waals surface area contributed by atoms with Crippen LogP contribution in [-0.4, -0.2) is 60.0 Å². The van der Waals surface area contributed by atoms with Crippen molar-refractivity contribution in [1.82, 2.24) is 15.1 Å². The second kappa shape index (κ2) is 9.52. The maximum Gasteiger partial charge on any atom is 0.337 e. The van der Waals surface area contributed by atoms with E-state index in [0.29, 0.717) is 29.9 Å². The van der Waals surface area contributed by atoms with E-state index in [4.69, 9.17) is 4.74 Å². The lowest BCUT2D eigenvalue weighted by Gasteiger charge is -2.59. The number of rotatable bonds is 8. The number of esters is 1. The van der Waals surface area contributed by atoms with Crippen molar-refractivity contribution in [3.05, 3.63) is 41.6 Å². The molecule has 1 aromatic carbocycles. The van der Waals surface area contributed by atoms with Gasteiger partial charge in [0.05, 0.1) is 34.9 Å². The number of aromatic nitrogens is 2. The third-order valence-electron chi connectivity index (χ3n) is 8.25. The summed E-state index contributed by atoms with van der Waals surface area (Å²) >= 11 is 1.58. The Balaban J connectivity index is 1.39. The largest absolute Gasteiger partial charge is 0.465 e. The number of benzene rings is 1. The van der Waals surface area contributed by atoms with E-state index in [1.807, 2.05) is 0 Å². The molecule has 0 radical (unpaired) electrons. The number of sulfone groups is 1. The number of nitrogens with one attached hydrogen (secondary N) is 1. The van der Waals surface area contributed by atoms with Gasteiger partial charge in [0, 0.05) is 12.3 Å². The molecule has 1 amide bonds. The van der Waals surface area contributed by atoms with Crippen molar-refractivity contribution in [3.63, 3.8) is 0 Å². The number of methoxy groups -OCH3 is 1. The van der Waals surface area contributed by atoms with E-state index in [1.165, 1.54) is 13.4 Å². The molecule has 4 aliphatic carbocycles. The van der Waals surface area contributed by atoms with Crippen LogP contribution in [0.5, 0.6) is 0 Å². The van der Waals surface area contributed by atoms with Crippen molar-refractivity contribution in [3.8, 4) is 5.69 Å². The van der Waals surface area contributed by atoms with Gasteiger partial charge in [0.15, 0.2) is 9.84 Å². The second-order valence-corrected chi connectivity index (χ2v) is 14.1. The summed E-state index contributed by atoms with van der Waals surface area (Å²) in [6, 6.07) is 6.95. The van der Waals surface area contributed by atoms with Gasteiger partial charge in [0.2, 0.25) is 0 Å². The van der Waals surface area contributed by atoms with Crippen LogP contribution < -0.4 is 5.32 Å². The maximum absolute atomic E-state index is 13.6. The van der Waals surface area contributed by atoms with Gasteiger partial charge in [0.1, 0.15) is 5.03 Å². The molecule has 4 bridgehead atoms. The summed E-state index contributed by atoms with van der Waals surface area (Å²) in [5, 5.41) is 8.58. The van der Waals surface area contributed by atoms with E-state index < -0.39 is 20.6 Å². The van der Waals surface area contributed by atoms with Gasteiger partial charge in [-0.25, -0.2) is 17.9 Å². The van der Waals surface area contributed by atoms with Crippen molar-refractivity contribution in [2.24, 2.45) is 17.8 Å². The highest BCUT2D eigenvalue weighted by molar-refractivity contribution is 7.99. The number of ether oxygens (including phenoxy) is 1. The van der Waals surface area contributed by atoms with E-state index >= 15 is 0 Å². The van der Waals surface area contributed by atoms with Gasteiger partial charge >= 0.3 is 5.97 Å². The molecule has 4 saturated carbocycles. The lowest BCUT2D eigenvalue weighted by Crippen LogP contribution is -2.63.